The Balaban J connectivity index is 2.77. The lowest BCUT2D eigenvalue weighted by Gasteiger charge is -2.23. The first-order valence-corrected chi connectivity index (χ1v) is 6.70. The Bertz CT molecular complexity index is 456. The summed E-state index contributed by atoms with van der Waals surface area (Å²) in [4.78, 5) is 25.4. The highest BCUT2D eigenvalue weighted by molar-refractivity contribution is 5.86. The molecule has 0 aliphatic carbocycles. The quantitative estimate of drug-likeness (QED) is 0.567. The molecule has 1 rings (SSSR count). The van der Waals surface area contributed by atoms with E-state index in [-0.39, 0.29) is 18.4 Å². The normalized spacial score (nSPS) is 11.5. The van der Waals surface area contributed by atoms with Crippen LogP contribution in [-0.4, -0.2) is 36.5 Å². The van der Waals surface area contributed by atoms with Crippen molar-refractivity contribution in [3.8, 4) is 0 Å². The number of carbonyl (C=O) groups is 2. The van der Waals surface area contributed by atoms with Gasteiger partial charge in [0.2, 0.25) is 5.91 Å². The van der Waals surface area contributed by atoms with E-state index in [1.807, 2.05) is 37.3 Å². The van der Waals surface area contributed by atoms with E-state index in [2.05, 4.69) is 6.58 Å². The van der Waals surface area contributed by atoms with Crippen LogP contribution in [0, 0.1) is 0 Å². The second kappa shape index (κ2) is 8.15. The van der Waals surface area contributed by atoms with Gasteiger partial charge in [0.25, 0.3) is 0 Å². The summed E-state index contributed by atoms with van der Waals surface area (Å²) >= 11 is 0. The third-order valence-corrected chi connectivity index (χ3v) is 2.96. The van der Waals surface area contributed by atoms with E-state index in [1.165, 1.54) is 4.90 Å². The minimum absolute atomic E-state index is 0.0458. The van der Waals surface area contributed by atoms with Crippen molar-refractivity contribution in [2.24, 2.45) is 0 Å². The Hall–Kier alpha value is -2.10. The minimum atomic E-state index is -0.400. The standard InChI is InChI=1S/C16H21NO3/c1-4-11-17(12-15(18)20-5-2)16(19)13(3)14-9-7-6-8-10-14/h4,6-10,13H,1,5,11-12H2,2-3H3. The van der Waals surface area contributed by atoms with Gasteiger partial charge in [-0.05, 0) is 19.4 Å². The second-order valence-corrected chi connectivity index (χ2v) is 4.44. The van der Waals surface area contributed by atoms with Crippen LogP contribution >= 0.6 is 0 Å². The molecule has 0 spiro atoms. The van der Waals surface area contributed by atoms with Crippen LogP contribution in [-0.2, 0) is 14.3 Å². The lowest BCUT2D eigenvalue weighted by atomic mass is 10.00. The summed E-state index contributed by atoms with van der Waals surface area (Å²) in [5.74, 6) is -0.808. The third kappa shape index (κ3) is 4.53. The van der Waals surface area contributed by atoms with Gasteiger partial charge in [-0.25, -0.2) is 0 Å². The van der Waals surface area contributed by atoms with E-state index >= 15 is 0 Å². The van der Waals surface area contributed by atoms with Crippen molar-refractivity contribution in [2.75, 3.05) is 19.7 Å². The zero-order chi connectivity index (χ0) is 15.0. The van der Waals surface area contributed by atoms with Crippen LogP contribution < -0.4 is 0 Å². The SMILES string of the molecule is C=CCN(CC(=O)OCC)C(=O)C(C)c1ccccc1. The largest absolute Gasteiger partial charge is 0.465 e. The first-order valence-electron chi connectivity index (χ1n) is 6.70. The molecule has 0 aliphatic heterocycles. The number of amides is 1. The number of ether oxygens (including phenoxy) is 1. The number of hydrogen-bond donors (Lipinski definition) is 0. The minimum Gasteiger partial charge on any atom is -0.465 e. The van der Waals surface area contributed by atoms with Crippen molar-refractivity contribution in [3.63, 3.8) is 0 Å². The highest BCUT2D eigenvalue weighted by Gasteiger charge is 2.23. The van der Waals surface area contributed by atoms with Crippen LogP contribution in [0.4, 0.5) is 0 Å². The third-order valence-electron chi connectivity index (χ3n) is 2.96. The van der Waals surface area contributed by atoms with Gasteiger partial charge in [-0.3, -0.25) is 9.59 Å². The fourth-order valence-electron chi connectivity index (χ4n) is 1.91. The molecule has 0 aliphatic rings. The van der Waals surface area contributed by atoms with Crippen LogP contribution in [0.2, 0.25) is 0 Å². The highest BCUT2D eigenvalue weighted by Crippen LogP contribution is 2.17. The molecule has 0 bridgehead atoms. The van der Waals surface area contributed by atoms with Crippen molar-refractivity contribution < 1.29 is 14.3 Å². The molecule has 0 heterocycles. The van der Waals surface area contributed by atoms with E-state index in [1.54, 1.807) is 13.0 Å². The van der Waals surface area contributed by atoms with Crippen molar-refractivity contribution in [3.05, 3.63) is 48.6 Å². The van der Waals surface area contributed by atoms with Crippen LogP contribution in [0.1, 0.15) is 25.3 Å². The molecule has 0 radical (unpaired) electrons. The predicted molar refractivity (Wildman–Crippen MR) is 78.3 cm³/mol. The Labute approximate surface area is 120 Å². The summed E-state index contributed by atoms with van der Waals surface area (Å²) in [6.07, 6.45) is 1.61. The Morgan fingerprint density at radius 1 is 1.35 bits per heavy atom. The molecule has 4 nitrogen and oxygen atoms in total. The molecule has 1 aromatic carbocycles. The maximum absolute atomic E-state index is 12.4. The molecular weight excluding hydrogens is 254 g/mol. The second-order valence-electron chi connectivity index (χ2n) is 4.44. The fourth-order valence-corrected chi connectivity index (χ4v) is 1.91. The molecule has 0 saturated carbocycles. The van der Waals surface area contributed by atoms with Crippen LogP contribution in [0.5, 0.6) is 0 Å². The molecule has 0 fully saturated rings. The van der Waals surface area contributed by atoms with Gasteiger partial charge >= 0.3 is 5.97 Å². The van der Waals surface area contributed by atoms with E-state index in [0.717, 1.165) is 5.56 Å². The van der Waals surface area contributed by atoms with Crippen molar-refractivity contribution in [2.45, 2.75) is 19.8 Å². The number of esters is 1. The molecule has 20 heavy (non-hydrogen) atoms. The van der Waals surface area contributed by atoms with Gasteiger partial charge in [-0.15, -0.1) is 6.58 Å². The zero-order valence-electron chi connectivity index (χ0n) is 12.0. The van der Waals surface area contributed by atoms with E-state index in [0.29, 0.717) is 13.2 Å². The summed E-state index contributed by atoms with van der Waals surface area (Å²) in [7, 11) is 0. The lowest BCUT2D eigenvalue weighted by molar-refractivity contribution is -0.148. The number of rotatable bonds is 7. The monoisotopic (exact) mass is 275 g/mol. The summed E-state index contributed by atoms with van der Waals surface area (Å²) in [6.45, 7) is 7.79. The molecule has 0 saturated heterocycles. The Kier molecular flexibility index (Phi) is 6.50. The topological polar surface area (TPSA) is 46.6 Å². The molecule has 1 unspecified atom stereocenters. The van der Waals surface area contributed by atoms with Crippen molar-refractivity contribution in [1.82, 2.24) is 4.90 Å². The fraction of sp³-hybridized carbons (Fsp3) is 0.375. The molecular formula is C16H21NO3. The number of benzene rings is 1. The van der Waals surface area contributed by atoms with Crippen LogP contribution in [0.3, 0.4) is 0 Å². The van der Waals surface area contributed by atoms with Gasteiger partial charge in [-0.1, -0.05) is 36.4 Å². The molecule has 0 N–H and O–H groups in total. The van der Waals surface area contributed by atoms with Gasteiger partial charge in [0.05, 0.1) is 12.5 Å². The molecule has 0 aromatic heterocycles. The number of carbonyl (C=O) groups excluding carboxylic acids is 2. The van der Waals surface area contributed by atoms with E-state index in [9.17, 15) is 9.59 Å². The summed E-state index contributed by atoms with van der Waals surface area (Å²) in [5, 5.41) is 0. The lowest BCUT2D eigenvalue weighted by Crippen LogP contribution is -2.39. The molecule has 108 valence electrons. The van der Waals surface area contributed by atoms with Gasteiger partial charge in [0.15, 0.2) is 0 Å². The first-order chi connectivity index (χ1) is 9.60. The van der Waals surface area contributed by atoms with Crippen LogP contribution in [0.25, 0.3) is 0 Å². The maximum atomic E-state index is 12.4. The smallest absolute Gasteiger partial charge is 0.325 e. The molecule has 1 amide bonds. The zero-order valence-corrected chi connectivity index (χ0v) is 12.0. The van der Waals surface area contributed by atoms with Crippen molar-refractivity contribution in [1.29, 1.82) is 0 Å². The Morgan fingerprint density at radius 3 is 2.55 bits per heavy atom. The summed E-state index contributed by atoms with van der Waals surface area (Å²) < 4.78 is 4.89. The van der Waals surface area contributed by atoms with Gasteiger partial charge in [0.1, 0.15) is 6.54 Å². The molecule has 1 atom stereocenters. The van der Waals surface area contributed by atoms with E-state index < -0.39 is 5.97 Å². The highest BCUT2D eigenvalue weighted by atomic mass is 16.5. The maximum Gasteiger partial charge on any atom is 0.325 e. The first kappa shape index (κ1) is 16.0. The average Bonchev–Trinajstić information content (AvgIpc) is 2.46. The van der Waals surface area contributed by atoms with E-state index in [4.69, 9.17) is 4.74 Å². The predicted octanol–water partition coefficient (Wildman–Crippen LogP) is 2.37. The number of hydrogen-bond acceptors (Lipinski definition) is 3. The number of nitrogens with zero attached hydrogens (tertiary/aromatic N) is 1. The van der Waals surface area contributed by atoms with Gasteiger partial charge < -0.3 is 9.64 Å². The summed E-state index contributed by atoms with van der Waals surface area (Å²) in [6, 6.07) is 9.49. The molecule has 4 heteroatoms. The summed E-state index contributed by atoms with van der Waals surface area (Å²) in [5.41, 5.74) is 0.926. The van der Waals surface area contributed by atoms with Gasteiger partial charge in [0, 0.05) is 6.54 Å². The molecule has 1 aromatic rings. The Morgan fingerprint density at radius 2 is 2.00 bits per heavy atom. The average molecular weight is 275 g/mol. The van der Waals surface area contributed by atoms with Crippen LogP contribution in [0.15, 0.2) is 43.0 Å². The van der Waals surface area contributed by atoms with Crippen molar-refractivity contribution >= 4 is 11.9 Å². The van der Waals surface area contributed by atoms with Gasteiger partial charge in [-0.2, -0.15) is 0 Å².